The Morgan fingerprint density at radius 2 is 1.57 bits per heavy atom. The first kappa shape index (κ1) is 29.8. The minimum Gasteiger partial charge on any atom is -0.500 e. The van der Waals surface area contributed by atoms with Gasteiger partial charge in [0.05, 0.1) is 5.58 Å². The molecule has 0 unspecified atom stereocenters. The van der Waals surface area contributed by atoms with E-state index in [1.54, 1.807) is 11.3 Å². The van der Waals surface area contributed by atoms with Gasteiger partial charge in [-0.25, -0.2) is 0 Å². The van der Waals surface area contributed by atoms with Crippen LogP contribution < -0.4 is 0 Å². The summed E-state index contributed by atoms with van der Waals surface area (Å²) in [4.78, 5) is 10.3. The van der Waals surface area contributed by atoms with Crippen LogP contribution in [0.25, 0.3) is 54.5 Å². The summed E-state index contributed by atoms with van der Waals surface area (Å²) in [6, 6.07) is 24.9. The number of aromatic nitrogens is 2. The molecular formula is C41H40IrN2OS-2. The number of fused-ring (bicyclic) bond motifs is 5. The van der Waals surface area contributed by atoms with Crippen LogP contribution in [-0.4, -0.2) is 9.97 Å². The molecule has 0 atom stereocenters. The number of nitrogens with zero attached hydrogens (tertiary/aromatic N) is 2. The molecule has 0 spiro atoms. The number of pyridine rings is 2. The van der Waals surface area contributed by atoms with Crippen molar-refractivity contribution in [3.8, 4) is 22.5 Å². The second-order valence-electron chi connectivity index (χ2n) is 13.2. The zero-order valence-corrected chi connectivity index (χ0v) is 30.8. The van der Waals surface area contributed by atoms with Gasteiger partial charge in [-0.3, -0.25) is 0 Å². The van der Waals surface area contributed by atoms with Crippen LogP contribution in [0.1, 0.15) is 63.1 Å². The first-order chi connectivity index (χ1) is 22.6. The number of rotatable bonds is 3. The van der Waals surface area contributed by atoms with E-state index >= 15 is 0 Å². The Balaban J connectivity index is 0.000000246. The summed E-state index contributed by atoms with van der Waals surface area (Å²) in [6.07, 6.45) is 4.06. The van der Waals surface area contributed by atoms with Crippen molar-refractivity contribution < 1.29 is 28.6 Å². The maximum absolute atomic E-state index is 7.97. The van der Waals surface area contributed by atoms with E-state index < -0.39 is 6.85 Å². The first-order valence-electron chi connectivity index (χ1n) is 16.8. The van der Waals surface area contributed by atoms with E-state index in [4.69, 9.17) is 8.53 Å². The van der Waals surface area contributed by atoms with Crippen molar-refractivity contribution >= 4 is 43.4 Å². The van der Waals surface area contributed by atoms with Gasteiger partial charge >= 0.3 is 0 Å². The number of benzene rings is 3. The summed E-state index contributed by atoms with van der Waals surface area (Å²) < 4.78 is 31.6. The molecule has 5 heteroatoms. The van der Waals surface area contributed by atoms with E-state index in [2.05, 4.69) is 108 Å². The van der Waals surface area contributed by atoms with E-state index in [9.17, 15) is 0 Å². The van der Waals surface area contributed by atoms with Crippen molar-refractivity contribution in [2.75, 3.05) is 0 Å². The van der Waals surface area contributed by atoms with Gasteiger partial charge in [0.25, 0.3) is 0 Å². The molecule has 1 radical (unpaired) electrons. The minimum atomic E-state index is -2.21. The Kier molecular flexibility index (Phi) is 8.56. The molecule has 0 N–H and O–H groups in total. The third-order valence-electron chi connectivity index (χ3n) is 8.31. The largest absolute Gasteiger partial charge is 0.500 e. The molecule has 3 nitrogen and oxygen atoms in total. The summed E-state index contributed by atoms with van der Waals surface area (Å²) >= 11 is 1.78. The predicted octanol–water partition coefficient (Wildman–Crippen LogP) is 11.6. The summed E-state index contributed by atoms with van der Waals surface area (Å²) in [5, 5.41) is 3.25. The van der Waals surface area contributed by atoms with Crippen LogP contribution in [0.5, 0.6) is 0 Å². The van der Waals surface area contributed by atoms with Gasteiger partial charge in [-0.1, -0.05) is 68.0 Å². The monoisotopic (exact) mass is 804 g/mol. The van der Waals surface area contributed by atoms with Crippen LogP contribution in [0, 0.1) is 59.0 Å². The molecule has 0 aliphatic rings. The molecule has 3 aromatic carbocycles. The normalized spacial score (nSPS) is 12.7. The maximum atomic E-state index is 7.97. The molecule has 0 saturated carbocycles. The molecule has 0 amide bonds. The average molecular weight is 804 g/mol. The Hall–Kier alpha value is -3.63. The molecule has 237 valence electrons. The van der Waals surface area contributed by atoms with Crippen molar-refractivity contribution in [2.45, 2.75) is 68.7 Å². The Bertz CT molecular complexity index is 2290. The van der Waals surface area contributed by atoms with Crippen molar-refractivity contribution in [3.63, 3.8) is 0 Å². The number of aryl methyl sites for hydroxylation is 6. The summed E-state index contributed by atoms with van der Waals surface area (Å²) in [6.45, 7) is 14.6. The second kappa shape index (κ2) is 13.2. The molecule has 0 bridgehead atoms. The molecule has 4 aromatic heterocycles. The Morgan fingerprint density at radius 3 is 2.26 bits per heavy atom. The third-order valence-corrected chi connectivity index (χ3v) is 9.49. The van der Waals surface area contributed by atoms with Crippen LogP contribution in [0.4, 0.5) is 0 Å². The van der Waals surface area contributed by atoms with E-state index in [0.717, 1.165) is 49.7 Å². The van der Waals surface area contributed by atoms with Crippen molar-refractivity contribution in [2.24, 2.45) is 5.41 Å². The fraction of sp³-hybridized carbons (Fsp3) is 0.268. The van der Waals surface area contributed by atoms with E-state index in [1.165, 1.54) is 38.0 Å². The molecule has 46 heavy (non-hydrogen) atoms. The zero-order valence-electron chi connectivity index (χ0n) is 30.6. The molecule has 7 rings (SSSR count). The fourth-order valence-corrected chi connectivity index (χ4v) is 6.69. The van der Waals surface area contributed by atoms with Crippen LogP contribution in [-0.2, 0) is 26.5 Å². The average Bonchev–Trinajstić information content (AvgIpc) is 3.54. The zero-order chi connectivity index (χ0) is 34.5. The Morgan fingerprint density at radius 1 is 0.826 bits per heavy atom. The van der Waals surface area contributed by atoms with Gasteiger partial charge in [0.2, 0.25) is 0 Å². The molecule has 0 fully saturated rings. The third kappa shape index (κ3) is 6.74. The standard InChI is InChI=1S/C27H26NOS.C14H14N.Ir/c1-15-14-28-22(12-18(15)13-27(4,5)6)21-9-7-8-19-20-10-11-23-24(16(2)17(3)30-23)26(20)29-25(19)21;1-10-4-6-13(7-5-10)14-8-11(2)12(3)9-15-14;/h7-8,10-12,14H,13H2,1-6H3;4-6,8-9H,1-3H3;/q2*-1;/i1D3;;. The second-order valence-corrected chi connectivity index (χ2v) is 14.5. The molecule has 0 aliphatic carbocycles. The number of furan rings is 1. The Labute approximate surface area is 294 Å². The van der Waals surface area contributed by atoms with Crippen LogP contribution in [0.3, 0.4) is 0 Å². The topological polar surface area (TPSA) is 38.9 Å². The van der Waals surface area contributed by atoms with Gasteiger partial charge in [0.1, 0.15) is 5.58 Å². The molecule has 0 aliphatic heterocycles. The minimum absolute atomic E-state index is 0. The summed E-state index contributed by atoms with van der Waals surface area (Å²) in [5.41, 5.74) is 11.1. The number of thiophene rings is 1. The van der Waals surface area contributed by atoms with E-state index in [-0.39, 0.29) is 25.5 Å². The maximum Gasteiger partial charge on any atom is 0.129 e. The van der Waals surface area contributed by atoms with Gasteiger partial charge in [-0.15, -0.1) is 64.9 Å². The summed E-state index contributed by atoms with van der Waals surface area (Å²) in [5.74, 6) is 0. The van der Waals surface area contributed by atoms with Crippen molar-refractivity contribution in [1.82, 2.24) is 9.97 Å². The van der Waals surface area contributed by atoms with Crippen LogP contribution in [0.2, 0.25) is 0 Å². The number of hydrogen-bond donors (Lipinski definition) is 0. The SMILES string of the molecule is Cc1c[c-]c(-c2cc(C)c(C)cn2)cc1.[2H]C([2H])([2H])c1cnc(-c2[c-]ccc3c2oc2c3ccc3sc(C)c(C)c32)cc1CC(C)(C)C.[Ir]. The smallest absolute Gasteiger partial charge is 0.129 e. The van der Waals surface area contributed by atoms with Gasteiger partial charge in [-0.2, -0.15) is 0 Å². The quantitative estimate of drug-likeness (QED) is 0.167. The summed E-state index contributed by atoms with van der Waals surface area (Å²) in [7, 11) is 0. The molecular weight excluding hydrogens is 761 g/mol. The van der Waals surface area contributed by atoms with Gasteiger partial charge in [-0.05, 0) is 80.5 Å². The molecule has 0 saturated heterocycles. The van der Waals surface area contributed by atoms with Gasteiger partial charge < -0.3 is 14.4 Å². The van der Waals surface area contributed by atoms with Crippen LogP contribution in [0.15, 0.2) is 71.4 Å². The van der Waals surface area contributed by atoms with Crippen LogP contribution >= 0.6 is 11.3 Å². The van der Waals surface area contributed by atoms with Gasteiger partial charge in [0.15, 0.2) is 0 Å². The predicted molar refractivity (Wildman–Crippen MR) is 191 cm³/mol. The first-order valence-corrected chi connectivity index (χ1v) is 16.1. The number of hydrogen-bond acceptors (Lipinski definition) is 4. The van der Waals surface area contributed by atoms with Gasteiger partial charge in [0, 0.05) is 57.0 Å². The van der Waals surface area contributed by atoms with E-state index in [1.807, 2.05) is 30.5 Å². The molecule has 4 heterocycles. The van der Waals surface area contributed by atoms with Crippen molar-refractivity contribution in [3.05, 3.63) is 117 Å². The van der Waals surface area contributed by atoms with E-state index in [0.29, 0.717) is 17.7 Å². The van der Waals surface area contributed by atoms with Crippen molar-refractivity contribution in [1.29, 1.82) is 0 Å². The molecule has 7 aromatic rings. The fourth-order valence-electron chi connectivity index (χ4n) is 5.62.